The van der Waals surface area contributed by atoms with E-state index in [2.05, 4.69) is 10.9 Å². The Morgan fingerprint density at radius 3 is 2.22 bits per heavy atom. The Kier molecular flexibility index (Phi) is 6.85. The maximum absolute atomic E-state index is 12.3. The maximum Gasteiger partial charge on any atom is 0.307 e. The number of carbonyl (C=O) groups excluding carboxylic acids is 2. The number of carbonyl (C=O) groups is 3. The Bertz CT molecular complexity index is 754. The number of aryl methyl sites for hydroxylation is 2. The van der Waals surface area contributed by atoms with Gasteiger partial charge in [-0.3, -0.25) is 25.2 Å². The molecule has 8 heteroatoms. The molecule has 7 nitrogen and oxygen atoms in total. The Morgan fingerprint density at radius 2 is 1.67 bits per heavy atom. The smallest absolute Gasteiger partial charge is 0.307 e. The zero-order chi connectivity index (χ0) is 20.1. The van der Waals surface area contributed by atoms with Crippen molar-refractivity contribution >= 4 is 29.4 Å². The third-order valence-electron chi connectivity index (χ3n) is 4.48. The van der Waals surface area contributed by atoms with E-state index in [9.17, 15) is 19.5 Å². The minimum Gasteiger partial charge on any atom is -0.481 e. The quantitative estimate of drug-likeness (QED) is 0.525. The molecule has 0 spiro atoms. The number of hydrazine groups is 1. The van der Waals surface area contributed by atoms with Gasteiger partial charge in [0, 0.05) is 5.02 Å². The van der Waals surface area contributed by atoms with Crippen LogP contribution in [0.2, 0.25) is 5.02 Å². The number of halogens is 1. The summed E-state index contributed by atoms with van der Waals surface area (Å²) in [6.45, 7) is 5.20. The molecule has 1 aliphatic rings. The van der Waals surface area contributed by atoms with E-state index in [-0.39, 0.29) is 6.42 Å². The first-order valence-electron chi connectivity index (χ1n) is 8.61. The number of ether oxygens (including phenoxy) is 1. The van der Waals surface area contributed by atoms with E-state index >= 15 is 0 Å². The minimum absolute atomic E-state index is 0.288. The highest BCUT2D eigenvalue weighted by Gasteiger charge is 2.34. The zero-order valence-electron chi connectivity index (χ0n) is 15.4. The third-order valence-corrected chi connectivity index (χ3v) is 4.70. The fourth-order valence-corrected chi connectivity index (χ4v) is 3.34. The van der Waals surface area contributed by atoms with Crippen molar-refractivity contribution in [2.45, 2.75) is 39.7 Å². The van der Waals surface area contributed by atoms with Gasteiger partial charge in [0.25, 0.3) is 5.91 Å². The summed E-state index contributed by atoms with van der Waals surface area (Å²) in [4.78, 5) is 35.8. The molecule has 3 N–H and O–H groups in total. The molecular weight excluding hydrogens is 372 g/mol. The van der Waals surface area contributed by atoms with E-state index in [1.54, 1.807) is 31.2 Å². The second kappa shape index (κ2) is 8.90. The standard InChI is InChI=1S/C19H23ClN2O5/c1-10-8-13(20)9-11(2)16(10)27-12(3)17(23)21-22-18(24)14-6-4-5-7-15(14)19(25)26/h4-5,8-9,12,14-15H,6-7H2,1-3H3,(H,21,23)(H,22,24)(H,25,26)/t12-,14+,15+/m1/s1. The number of carboxylic acids is 1. The molecule has 2 amide bonds. The summed E-state index contributed by atoms with van der Waals surface area (Å²) in [6, 6.07) is 3.47. The van der Waals surface area contributed by atoms with Crippen molar-refractivity contribution in [3.05, 3.63) is 40.4 Å². The van der Waals surface area contributed by atoms with Gasteiger partial charge in [-0.2, -0.15) is 0 Å². The highest BCUT2D eigenvalue weighted by molar-refractivity contribution is 6.30. The second-order valence-electron chi connectivity index (χ2n) is 6.60. The molecule has 0 aliphatic heterocycles. The monoisotopic (exact) mass is 394 g/mol. The van der Waals surface area contributed by atoms with Crippen LogP contribution in [0, 0.1) is 25.7 Å². The molecule has 0 saturated carbocycles. The van der Waals surface area contributed by atoms with Gasteiger partial charge >= 0.3 is 5.97 Å². The first-order valence-corrected chi connectivity index (χ1v) is 8.99. The lowest BCUT2D eigenvalue weighted by Gasteiger charge is -2.24. The zero-order valence-corrected chi connectivity index (χ0v) is 16.2. The Morgan fingerprint density at radius 1 is 1.11 bits per heavy atom. The number of amides is 2. The van der Waals surface area contributed by atoms with Crippen molar-refractivity contribution in [1.82, 2.24) is 10.9 Å². The SMILES string of the molecule is Cc1cc(Cl)cc(C)c1O[C@H](C)C(=O)NNC(=O)[C@H]1CC=CC[C@@H]1C(=O)O. The largest absolute Gasteiger partial charge is 0.481 e. The van der Waals surface area contributed by atoms with Gasteiger partial charge < -0.3 is 9.84 Å². The predicted octanol–water partition coefficient (Wildman–Crippen LogP) is 2.54. The Hall–Kier alpha value is -2.54. The van der Waals surface area contributed by atoms with Gasteiger partial charge in [-0.15, -0.1) is 0 Å². The van der Waals surface area contributed by atoms with Crippen molar-refractivity contribution in [1.29, 1.82) is 0 Å². The molecule has 0 radical (unpaired) electrons. The molecule has 1 aromatic carbocycles. The van der Waals surface area contributed by atoms with Crippen molar-refractivity contribution in [3.8, 4) is 5.75 Å². The molecule has 2 rings (SSSR count). The normalized spacial score (nSPS) is 19.9. The topological polar surface area (TPSA) is 105 Å². The lowest BCUT2D eigenvalue weighted by atomic mass is 9.82. The summed E-state index contributed by atoms with van der Waals surface area (Å²) >= 11 is 5.98. The number of allylic oxidation sites excluding steroid dienone is 2. The lowest BCUT2D eigenvalue weighted by Crippen LogP contribution is -2.50. The van der Waals surface area contributed by atoms with E-state index in [0.717, 1.165) is 11.1 Å². The van der Waals surface area contributed by atoms with Crippen molar-refractivity contribution < 1.29 is 24.2 Å². The lowest BCUT2D eigenvalue weighted by molar-refractivity contribution is -0.147. The van der Waals surface area contributed by atoms with Crippen LogP contribution in [0.25, 0.3) is 0 Å². The Labute approximate surface area is 162 Å². The minimum atomic E-state index is -1.03. The number of hydrogen-bond acceptors (Lipinski definition) is 4. The number of rotatable bonds is 5. The van der Waals surface area contributed by atoms with Crippen LogP contribution in [0.1, 0.15) is 30.9 Å². The summed E-state index contributed by atoms with van der Waals surface area (Å²) in [5.41, 5.74) is 6.20. The van der Waals surface area contributed by atoms with E-state index < -0.39 is 35.7 Å². The second-order valence-corrected chi connectivity index (χ2v) is 7.04. The summed E-state index contributed by atoms with van der Waals surface area (Å²) in [7, 11) is 0. The molecule has 0 heterocycles. The van der Waals surface area contributed by atoms with Gasteiger partial charge in [0.1, 0.15) is 5.75 Å². The molecule has 0 saturated heterocycles. The first-order chi connectivity index (χ1) is 12.7. The highest BCUT2D eigenvalue weighted by atomic mass is 35.5. The molecule has 3 atom stereocenters. The van der Waals surface area contributed by atoms with Crippen molar-refractivity contribution in [3.63, 3.8) is 0 Å². The summed E-state index contributed by atoms with van der Waals surface area (Å²) < 4.78 is 5.70. The van der Waals surface area contributed by atoms with Crippen molar-refractivity contribution in [2.24, 2.45) is 11.8 Å². The Balaban J connectivity index is 1.94. The fraction of sp³-hybridized carbons (Fsp3) is 0.421. The van der Waals surface area contributed by atoms with Crippen LogP contribution >= 0.6 is 11.6 Å². The molecule has 1 aliphatic carbocycles. The molecule has 0 aromatic heterocycles. The number of hydrogen-bond donors (Lipinski definition) is 3. The number of aliphatic carboxylic acids is 1. The van der Waals surface area contributed by atoms with Crippen LogP contribution in [0.5, 0.6) is 5.75 Å². The van der Waals surface area contributed by atoms with Gasteiger partial charge in [-0.1, -0.05) is 23.8 Å². The number of benzene rings is 1. The van der Waals surface area contributed by atoms with Gasteiger partial charge in [0.05, 0.1) is 11.8 Å². The van der Waals surface area contributed by atoms with Gasteiger partial charge in [0.15, 0.2) is 6.10 Å². The summed E-state index contributed by atoms with van der Waals surface area (Å²) in [5.74, 6) is -3.10. The van der Waals surface area contributed by atoms with Crippen LogP contribution in [-0.4, -0.2) is 29.0 Å². The predicted molar refractivity (Wildman–Crippen MR) is 100 cm³/mol. The van der Waals surface area contributed by atoms with Crippen LogP contribution in [0.4, 0.5) is 0 Å². The van der Waals surface area contributed by atoms with Crippen LogP contribution in [0.3, 0.4) is 0 Å². The molecule has 0 bridgehead atoms. The molecule has 1 aromatic rings. The average Bonchev–Trinajstić information content (AvgIpc) is 2.62. The van der Waals surface area contributed by atoms with Gasteiger partial charge in [-0.05, 0) is 56.9 Å². The van der Waals surface area contributed by atoms with E-state index in [1.807, 2.05) is 13.8 Å². The fourth-order valence-electron chi connectivity index (χ4n) is 3.01. The molecule has 0 unspecified atom stereocenters. The van der Waals surface area contributed by atoms with E-state index in [0.29, 0.717) is 17.2 Å². The number of nitrogens with one attached hydrogen (secondary N) is 2. The highest BCUT2D eigenvalue weighted by Crippen LogP contribution is 2.28. The van der Waals surface area contributed by atoms with Crippen LogP contribution < -0.4 is 15.6 Å². The van der Waals surface area contributed by atoms with Crippen LogP contribution in [-0.2, 0) is 14.4 Å². The third kappa shape index (κ3) is 5.23. The summed E-state index contributed by atoms with van der Waals surface area (Å²) in [6.07, 6.45) is 3.24. The summed E-state index contributed by atoms with van der Waals surface area (Å²) in [5, 5.41) is 9.81. The van der Waals surface area contributed by atoms with E-state index in [1.165, 1.54) is 0 Å². The molecule has 0 fully saturated rings. The maximum atomic E-state index is 12.3. The van der Waals surface area contributed by atoms with E-state index in [4.69, 9.17) is 16.3 Å². The average molecular weight is 395 g/mol. The van der Waals surface area contributed by atoms with Gasteiger partial charge in [0.2, 0.25) is 5.91 Å². The molecule has 146 valence electrons. The van der Waals surface area contributed by atoms with Crippen LogP contribution in [0.15, 0.2) is 24.3 Å². The first kappa shape index (κ1) is 20.8. The van der Waals surface area contributed by atoms with Crippen molar-refractivity contribution in [2.75, 3.05) is 0 Å². The number of carboxylic acid groups (broad SMARTS) is 1. The molecular formula is C19H23ClN2O5. The van der Waals surface area contributed by atoms with Gasteiger partial charge in [-0.25, -0.2) is 0 Å². The molecule has 27 heavy (non-hydrogen) atoms.